The zero-order valence-electron chi connectivity index (χ0n) is 29.5. The molecule has 0 aliphatic carbocycles. The molecule has 3 atom stereocenters. The Morgan fingerprint density at radius 3 is 2.49 bits per heavy atom. The Morgan fingerprint density at radius 2 is 1.69 bits per heavy atom. The van der Waals surface area contributed by atoms with Crippen LogP contribution in [-0.2, 0) is 28.8 Å². The first-order valence-corrected chi connectivity index (χ1v) is 20.1. The van der Waals surface area contributed by atoms with Crippen molar-refractivity contribution in [2.45, 2.75) is 76.1 Å². The fraction of sp³-hybridized carbons (Fsp3) is 0.359. The first-order chi connectivity index (χ1) is 24.7. The second kappa shape index (κ2) is 18.4. The van der Waals surface area contributed by atoms with E-state index in [1.165, 1.54) is 50.0 Å². The van der Waals surface area contributed by atoms with Crippen LogP contribution in [0.3, 0.4) is 0 Å². The zero-order valence-corrected chi connectivity index (χ0v) is 31.2. The van der Waals surface area contributed by atoms with Gasteiger partial charge in [0.1, 0.15) is 28.8 Å². The minimum absolute atomic E-state index is 0.0689. The molecule has 6 rings (SSSR count). The summed E-state index contributed by atoms with van der Waals surface area (Å²) in [6.45, 7) is 6.50. The van der Waals surface area contributed by atoms with E-state index >= 15 is 0 Å². The highest BCUT2D eigenvalue weighted by Gasteiger charge is 2.20. The van der Waals surface area contributed by atoms with Crippen molar-refractivity contribution in [3.63, 3.8) is 0 Å². The highest BCUT2D eigenvalue weighted by Crippen LogP contribution is 2.39. The van der Waals surface area contributed by atoms with Crippen LogP contribution in [0.4, 0.5) is 10.1 Å². The highest BCUT2D eigenvalue weighted by molar-refractivity contribution is 7.92. The van der Waals surface area contributed by atoms with Crippen LogP contribution in [0.5, 0.6) is 23.1 Å². The van der Waals surface area contributed by atoms with Crippen molar-refractivity contribution in [2.75, 3.05) is 24.5 Å². The number of benzene rings is 3. The zero-order chi connectivity index (χ0) is 36.3. The third-order valence-corrected chi connectivity index (χ3v) is 11.0. The second-order valence-electron chi connectivity index (χ2n) is 12.5. The van der Waals surface area contributed by atoms with Gasteiger partial charge in [-0.05, 0) is 80.3 Å². The van der Waals surface area contributed by atoms with Gasteiger partial charge in [0.25, 0.3) is 0 Å². The number of rotatable bonds is 14. The maximum Gasteiger partial charge on any atom is 0.342 e. The first-order valence-electron chi connectivity index (χ1n) is 17.2. The molecule has 3 heterocycles. The molecule has 0 amide bonds. The molecule has 0 saturated heterocycles. The Kier molecular flexibility index (Phi) is 13.8. The van der Waals surface area contributed by atoms with Gasteiger partial charge < -0.3 is 29.0 Å². The van der Waals surface area contributed by atoms with E-state index in [9.17, 15) is 13.5 Å². The number of aryl methyl sites for hydroxylation is 1. The van der Waals surface area contributed by atoms with Gasteiger partial charge in [0.2, 0.25) is 12.7 Å². The number of ether oxygens (including phenoxy) is 3. The van der Waals surface area contributed by atoms with Gasteiger partial charge in [0.15, 0.2) is 11.5 Å². The lowest BCUT2D eigenvalue weighted by Gasteiger charge is -2.18. The maximum absolute atomic E-state index is 13.9. The van der Waals surface area contributed by atoms with Crippen LogP contribution >= 0.6 is 0 Å². The molecule has 0 saturated carbocycles. The van der Waals surface area contributed by atoms with E-state index in [2.05, 4.69) is 28.8 Å². The van der Waals surface area contributed by atoms with E-state index in [0.29, 0.717) is 40.5 Å². The molecular formula is C39H45FN4O5S2. The smallest absolute Gasteiger partial charge is 0.342 e. The van der Waals surface area contributed by atoms with E-state index in [1.807, 2.05) is 37.3 Å². The van der Waals surface area contributed by atoms with Crippen molar-refractivity contribution in [1.29, 1.82) is 0 Å². The molecule has 5 aromatic rings. The SMILES string of the molecule is CCCCCCCC[S+]([O-])C(C)Cc1ccc2c(c1)OCO2.Cc1ccc2c(N)c(F)ccc2c1Oc1ncccc1-c1ccnc([S+](C)[O-])n1. The number of aromatic nitrogens is 3. The summed E-state index contributed by atoms with van der Waals surface area (Å²) in [4.78, 5) is 12.7. The molecule has 0 spiro atoms. The Morgan fingerprint density at radius 1 is 0.922 bits per heavy atom. The van der Waals surface area contributed by atoms with E-state index in [0.717, 1.165) is 35.7 Å². The molecule has 3 unspecified atom stereocenters. The number of hydrogen-bond donors (Lipinski definition) is 1. The van der Waals surface area contributed by atoms with Crippen LogP contribution in [-0.4, -0.2) is 48.1 Å². The van der Waals surface area contributed by atoms with Crippen molar-refractivity contribution in [1.82, 2.24) is 15.0 Å². The fourth-order valence-electron chi connectivity index (χ4n) is 5.73. The quantitative estimate of drug-likeness (QED) is 0.0514. The average Bonchev–Trinajstić information content (AvgIpc) is 3.61. The summed E-state index contributed by atoms with van der Waals surface area (Å²) in [5, 5.41) is 1.66. The summed E-state index contributed by atoms with van der Waals surface area (Å²) in [5.74, 6) is 2.82. The Hall–Kier alpha value is -4.10. The van der Waals surface area contributed by atoms with Gasteiger partial charge >= 0.3 is 5.16 Å². The number of fused-ring (bicyclic) bond motifs is 2. The number of nitrogen functional groups attached to an aromatic ring is 1. The number of hydrogen-bond acceptors (Lipinski definition) is 9. The van der Waals surface area contributed by atoms with Crippen LogP contribution < -0.4 is 19.9 Å². The standard InChI is InChI=1S/C21H17FN4O2S.C18H28O3S/c1-12-5-6-13-14(7-8-16(22)18(13)23)19(12)28-20-15(4-3-10-24-20)17-9-11-25-21(26-17)29(2)27;1-3-4-5-6-7-8-11-22(19)15(2)12-16-9-10-17-18(13-16)21-14-20-17/h3-11H,23H2,1-2H3;9-10,13,15H,3-8,11-12,14H2,1-2H3. The molecule has 2 aromatic heterocycles. The number of anilines is 1. The lowest BCUT2D eigenvalue weighted by Crippen LogP contribution is -2.23. The third-order valence-electron chi connectivity index (χ3n) is 8.58. The molecular weight excluding hydrogens is 688 g/mol. The maximum atomic E-state index is 13.9. The molecule has 0 bridgehead atoms. The first kappa shape index (κ1) is 38.1. The molecule has 51 heavy (non-hydrogen) atoms. The summed E-state index contributed by atoms with van der Waals surface area (Å²) < 4.78 is 54.8. The van der Waals surface area contributed by atoms with Gasteiger partial charge in [-0.25, -0.2) is 9.37 Å². The van der Waals surface area contributed by atoms with Crippen LogP contribution in [0.25, 0.3) is 22.0 Å². The second-order valence-corrected chi connectivity index (χ2v) is 15.7. The van der Waals surface area contributed by atoms with E-state index in [1.54, 1.807) is 36.7 Å². The van der Waals surface area contributed by atoms with Gasteiger partial charge in [-0.1, -0.05) is 62.0 Å². The third kappa shape index (κ3) is 10.0. The molecule has 2 N–H and O–H groups in total. The molecule has 270 valence electrons. The molecule has 0 fully saturated rings. The topological polar surface area (TPSA) is 138 Å². The number of nitrogens with two attached hydrogens (primary N) is 1. The largest absolute Gasteiger partial charge is 0.616 e. The minimum atomic E-state index is -1.32. The van der Waals surface area contributed by atoms with E-state index < -0.39 is 28.2 Å². The molecule has 1 aliphatic rings. The van der Waals surface area contributed by atoms with Crippen molar-refractivity contribution in [3.8, 4) is 34.4 Å². The van der Waals surface area contributed by atoms with Gasteiger partial charge in [-0.15, -0.1) is 0 Å². The van der Waals surface area contributed by atoms with E-state index in [4.69, 9.17) is 19.9 Å². The van der Waals surface area contributed by atoms with Gasteiger partial charge in [0, 0.05) is 40.8 Å². The number of unbranched alkanes of at least 4 members (excludes halogenated alkanes) is 5. The summed E-state index contributed by atoms with van der Waals surface area (Å²) in [6, 6.07) is 17.8. The predicted octanol–water partition coefficient (Wildman–Crippen LogP) is 8.71. The van der Waals surface area contributed by atoms with Crippen LogP contribution in [0.2, 0.25) is 0 Å². The molecule has 1 aliphatic heterocycles. The van der Waals surface area contributed by atoms with E-state index in [-0.39, 0.29) is 16.1 Å². The molecule has 9 nitrogen and oxygen atoms in total. The summed E-state index contributed by atoms with van der Waals surface area (Å²) in [6.07, 6.45) is 13.0. The van der Waals surface area contributed by atoms with Crippen molar-refractivity contribution in [2.24, 2.45) is 0 Å². The number of halogens is 1. The number of nitrogens with zero attached hydrogens (tertiary/aromatic N) is 3. The lowest BCUT2D eigenvalue weighted by atomic mass is 10.0. The van der Waals surface area contributed by atoms with Gasteiger partial charge in [-0.3, -0.25) is 0 Å². The summed E-state index contributed by atoms with van der Waals surface area (Å²) >= 11 is -2.06. The molecule has 0 radical (unpaired) electrons. The van der Waals surface area contributed by atoms with Crippen molar-refractivity contribution >= 4 is 38.8 Å². The minimum Gasteiger partial charge on any atom is -0.616 e. The Balaban J connectivity index is 0.000000206. The van der Waals surface area contributed by atoms with Crippen molar-refractivity contribution < 1.29 is 27.7 Å². The van der Waals surface area contributed by atoms with Gasteiger partial charge in [-0.2, -0.15) is 9.97 Å². The summed E-state index contributed by atoms with van der Waals surface area (Å²) in [7, 11) is 0. The Labute approximate surface area is 305 Å². The lowest BCUT2D eigenvalue weighted by molar-refractivity contribution is 0.174. The average molecular weight is 733 g/mol. The fourth-order valence-corrected chi connectivity index (χ4v) is 7.44. The molecule has 3 aromatic carbocycles. The number of pyridine rings is 1. The highest BCUT2D eigenvalue weighted by atomic mass is 32.2. The Bertz CT molecular complexity index is 1910. The van der Waals surface area contributed by atoms with Crippen molar-refractivity contribution in [3.05, 3.63) is 90.0 Å². The van der Waals surface area contributed by atoms with Crippen LogP contribution in [0.1, 0.15) is 63.5 Å². The predicted molar refractivity (Wildman–Crippen MR) is 203 cm³/mol. The monoisotopic (exact) mass is 732 g/mol. The van der Waals surface area contributed by atoms with Gasteiger partial charge in [0.05, 0.1) is 16.9 Å². The van der Waals surface area contributed by atoms with Crippen LogP contribution in [0, 0.1) is 12.7 Å². The van der Waals surface area contributed by atoms with Crippen LogP contribution in [0.15, 0.2) is 78.2 Å². The summed E-state index contributed by atoms with van der Waals surface area (Å²) in [5.41, 5.74) is 9.15. The molecule has 12 heteroatoms. The normalized spacial score (nSPS) is 13.7.